The Hall–Kier alpha value is -1.04. The van der Waals surface area contributed by atoms with Crippen molar-refractivity contribution in [1.29, 1.82) is 0 Å². The van der Waals surface area contributed by atoms with Crippen molar-refractivity contribution in [2.45, 2.75) is 31.7 Å². The molecule has 2 atom stereocenters. The molecule has 2 aliphatic rings. The Labute approximate surface area is 132 Å². The van der Waals surface area contributed by atoms with Crippen molar-refractivity contribution in [3.8, 4) is 0 Å². The Morgan fingerprint density at radius 2 is 1.70 bits per heavy atom. The number of benzene rings is 1. The normalized spacial score (nSPS) is 28.1. The molecule has 3 nitrogen and oxygen atoms in total. The fraction of sp³-hybridized carbons (Fsp3) is 0.438. The fourth-order valence-corrected chi connectivity index (χ4v) is 4.48. The van der Waals surface area contributed by atoms with Gasteiger partial charge in [0, 0.05) is 0 Å². The molecule has 0 spiro atoms. The van der Waals surface area contributed by atoms with E-state index in [1.165, 1.54) is 36.8 Å². The number of rotatable bonds is 1. The van der Waals surface area contributed by atoms with E-state index in [1.807, 2.05) is 6.20 Å². The number of anilines is 1. The fourth-order valence-electron chi connectivity index (χ4n) is 4.11. The van der Waals surface area contributed by atoms with E-state index >= 15 is 0 Å². The molecule has 104 valence electrons. The molecule has 2 aromatic rings. The number of nitrogens with two attached hydrogens (primary N) is 1. The molecule has 1 saturated carbocycles. The molecule has 2 N–H and O–H groups in total. The van der Waals surface area contributed by atoms with Crippen molar-refractivity contribution < 1.29 is 0 Å². The summed E-state index contributed by atoms with van der Waals surface area (Å²) in [4.78, 5) is 0. The van der Waals surface area contributed by atoms with Crippen LogP contribution in [0.1, 0.15) is 30.0 Å². The zero-order valence-electron chi connectivity index (χ0n) is 11.3. The van der Waals surface area contributed by atoms with Crippen LogP contribution < -0.4 is 5.73 Å². The standard InChI is InChI=1S/C16H18IN3/c17-14-9-19-20(16(14)18)15-12-5-6-13(15)8-11-4-2-1-3-10(11)7-12/h1-4,9,12-13,15H,5-8,18H2. The van der Waals surface area contributed by atoms with E-state index in [9.17, 15) is 0 Å². The first-order valence-electron chi connectivity index (χ1n) is 7.29. The summed E-state index contributed by atoms with van der Waals surface area (Å²) in [5, 5.41) is 4.57. The molecule has 0 radical (unpaired) electrons. The number of hydrogen-bond donors (Lipinski definition) is 1. The van der Waals surface area contributed by atoms with Gasteiger partial charge in [0.05, 0.1) is 15.8 Å². The molecule has 2 aliphatic carbocycles. The first-order valence-corrected chi connectivity index (χ1v) is 8.37. The Bertz CT molecular complexity index is 616. The van der Waals surface area contributed by atoms with Gasteiger partial charge in [-0.1, -0.05) is 24.3 Å². The van der Waals surface area contributed by atoms with Gasteiger partial charge in [0.2, 0.25) is 0 Å². The predicted octanol–water partition coefficient (Wildman–Crippen LogP) is 3.44. The second-order valence-corrected chi connectivity index (χ2v) is 7.25. The van der Waals surface area contributed by atoms with Crippen LogP contribution in [0.15, 0.2) is 30.5 Å². The topological polar surface area (TPSA) is 43.8 Å². The van der Waals surface area contributed by atoms with Crippen molar-refractivity contribution in [1.82, 2.24) is 9.78 Å². The van der Waals surface area contributed by atoms with Gasteiger partial charge in [0.15, 0.2) is 0 Å². The molecule has 4 rings (SSSR count). The molecule has 2 bridgehead atoms. The summed E-state index contributed by atoms with van der Waals surface area (Å²) in [6, 6.07) is 9.40. The van der Waals surface area contributed by atoms with Crippen LogP contribution in [0, 0.1) is 15.4 Å². The number of nitrogens with zero attached hydrogens (tertiary/aromatic N) is 2. The van der Waals surface area contributed by atoms with Crippen LogP contribution in [0.5, 0.6) is 0 Å². The Balaban J connectivity index is 1.76. The lowest BCUT2D eigenvalue weighted by Crippen LogP contribution is -2.23. The van der Waals surface area contributed by atoms with Gasteiger partial charge in [-0.05, 0) is 71.2 Å². The molecule has 2 unspecified atom stereocenters. The number of nitrogen functional groups attached to an aromatic ring is 1. The second kappa shape index (κ2) is 4.76. The first-order chi connectivity index (χ1) is 9.74. The third-order valence-corrected chi connectivity index (χ3v) is 5.86. The Morgan fingerprint density at radius 3 is 2.20 bits per heavy atom. The van der Waals surface area contributed by atoms with E-state index in [-0.39, 0.29) is 0 Å². The predicted molar refractivity (Wildman–Crippen MR) is 88.5 cm³/mol. The van der Waals surface area contributed by atoms with Gasteiger partial charge in [0.1, 0.15) is 5.82 Å². The maximum Gasteiger partial charge on any atom is 0.135 e. The monoisotopic (exact) mass is 379 g/mol. The van der Waals surface area contributed by atoms with Crippen molar-refractivity contribution >= 4 is 28.4 Å². The molecule has 0 saturated heterocycles. The molecule has 1 heterocycles. The maximum atomic E-state index is 6.23. The van der Waals surface area contributed by atoms with Crippen LogP contribution in [0.3, 0.4) is 0 Å². The van der Waals surface area contributed by atoms with Gasteiger partial charge in [-0.25, -0.2) is 4.68 Å². The number of aromatic nitrogens is 2. The van der Waals surface area contributed by atoms with Crippen LogP contribution in [0.4, 0.5) is 5.82 Å². The summed E-state index contributed by atoms with van der Waals surface area (Å²) in [6.45, 7) is 0. The van der Waals surface area contributed by atoms with E-state index in [2.05, 4.69) is 56.6 Å². The van der Waals surface area contributed by atoms with Gasteiger partial charge in [-0.15, -0.1) is 0 Å². The van der Waals surface area contributed by atoms with Crippen LogP contribution in [-0.4, -0.2) is 9.78 Å². The highest BCUT2D eigenvalue weighted by Gasteiger charge is 2.41. The summed E-state index contributed by atoms with van der Waals surface area (Å²) in [5.41, 5.74) is 9.30. The minimum Gasteiger partial charge on any atom is -0.383 e. The van der Waals surface area contributed by atoms with Gasteiger partial charge in [-0.3, -0.25) is 0 Å². The quantitative estimate of drug-likeness (QED) is 0.772. The summed E-state index contributed by atoms with van der Waals surface area (Å²) < 4.78 is 3.18. The van der Waals surface area contributed by atoms with Crippen LogP contribution in [0.25, 0.3) is 0 Å². The maximum absolute atomic E-state index is 6.23. The van der Waals surface area contributed by atoms with Crippen molar-refractivity contribution in [2.75, 3.05) is 5.73 Å². The molecule has 1 fully saturated rings. The summed E-state index contributed by atoms with van der Waals surface area (Å²) in [6.07, 6.45) is 6.85. The third kappa shape index (κ3) is 1.88. The average molecular weight is 379 g/mol. The van der Waals surface area contributed by atoms with Gasteiger partial charge < -0.3 is 5.73 Å². The Morgan fingerprint density at radius 1 is 1.10 bits per heavy atom. The molecule has 4 heteroatoms. The highest BCUT2D eigenvalue weighted by molar-refractivity contribution is 14.1. The lowest BCUT2D eigenvalue weighted by Gasteiger charge is -2.23. The summed E-state index contributed by atoms with van der Waals surface area (Å²) >= 11 is 2.28. The van der Waals surface area contributed by atoms with Crippen molar-refractivity contribution in [3.05, 3.63) is 45.2 Å². The average Bonchev–Trinajstić information content (AvgIpc) is 2.91. The molecule has 0 amide bonds. The minimum absolute atomic E-state index is 0.478. The number of fused-ring (bicyclic) bond motifs is 3. The summed E-state index contributed by atoms with van der Waals surface area (Å²) in [7, 11) is 0. The summed E-state index contributed by atoms with van der Waals surface area (Å²) in [5.74, 6) is 2.21. The molecule has 0 aliphatic heterocycles. The number of hydrogen-bond acceptors (Lipinski definition) is 2. The highest BCUT2D eigenvalue weighted by Crippen LogP contribution is 2.47. The second-order valence-electron chi connectivity index (χ2n) is 6.09. The largest absolute Gasteiger partial charge is 0.383 e. The SMILES string of the molecule is Nc1c(I)cnn1C1C2CCC1Cc1ccccc1C2. The lowest BCUT2D eigenvalue weighted by atomic mass is 9.94. The molecular formula is C16H18IN3. The van der Waals surface area contributed by atoms with Crippen molar-refractivity contribution in [2.24, 2.45) is 11.8 Å². The van der Waals surface area contributed by atoms with Gasteiger partial charge in [-0.2, -0.15) is 5.10 Å². The smallest absolute Gasteiger partial charge is 0.135 e. The Kier molecular flexibility index (Phi) is 3.02. The molecular weight excluding hydrogens is 361 g/mol. The lowest BCUT2D eigenvalue weighted by molar-refractivity contribution is 0.295. The van der Waals surface area contributed by atoms with Crippen molar-refractivity contribution in [3.63, 3.8) is 0 Å². The zero-order valence-corrected chi connectivity index (χ0v) is 13.5. The highest BCUT2D eigenvalue weighted by atomic mass is 127. The van der Waals surface area contributed by atoms with E-state index in [0.29, 0.717) is 17.9 Å². The van der Waals surface area contributed by atoms with E-state index in [0.717, 1.165) is 9.39 Å². The molecule has 1 aromatic carbocycles. The van der Waals surface area contributed by atoms with E-state index in [4.69, 9.17) is 5.73 Å². The van der Waals surface area contributed by atoms with Gasteiger partial charge in [0.25, 0.3) is 0 Å². The van der Waals surface area contributed by atoms with Crippen LogP contribution in [0.2, 0.25) is 0 Å². The minimum atomic E-state index is 0.478. The van der Waals surface area contributed by atoms with E-state index in [1.54, 1.807) is 0 Å². The van der Waals surface area contributed by atoms with Gasteiger partial charge >= 0.3 is 0 Å². The molecule has 1 aromatic heterocycles. The third-order valence-electron chi connectivity index (χ3n) is 5.03. The zero-order chi connectivity index (χ0) is 13.7. The number of halogens is 1. The van der Waals surface area contributed by atoms with Crippen LogP contribution in [-0.2, 0) is 12.8 Å². The first kappa shape index (κ1) is 12.7. The van der Waals surface area contributed by atoms with Crippen LogP contribution >= 0.6 is 22.6 Å². The molecule has 20 heavy (non-hydrogen) atoms. The van der Waals surface area contributed by atoms with E-state index < -0.39 is 0 Å².